The molecule has 19 heavy (non-hydrogen) atoms. The third-order valence-electron chi connectivity index (χ3n) is 3.24. The van der Waals surface area contributed by atoms with E-state index in [-0.39, 0.29) is 0 Å². The first-order valence-electron chi connectivity index (χ1n) is 6.63. The van der Waals surface area contributed by atoms with Gasteiger partial charge in [0.15, 0.2) is 0 Å². The number of benzene rings is 1. The SMILES string of the molecule is CCCN(CC)Cc1oc2ccccc2c1C(=O)O. The summed E-state index contributed by atoms with van der Waals surface area (Å²) < 4.78 is 5.72. The van der Waals surface area contributed by atoms with Gasteiger partial charge in [-0.25, -0.2) is 4.79 Å². The topological polar surface area (TPSA) is 53.7 Å². The van der Waals surface area contributed by atoms with E-state index in [0.717, 1.165) is 19.5 Å². The first-order valence-corrected chi connectivity index (χ1v) is 6.63. The number of furan rings is 1. The molecule has 0 amide bonds. The Hall–Kier alpha value is -1.81. The number of carboxylic acid groups (broad SMARTS) is 1. The summed E-state index contributed by atoms with van der Waals surface area (Å²) in [4.78, 5) is 13.6. The van der Waals surface area contributed by atoms with Gasteiger partial charge in [-0.3, -0.25) is 4.90 Å². The van der Waals surface area contributed by atoms with Crippen molar-refractivity contribution in [1.29, 1.82) is 0 Å². The number of para-hydroxylation sites is 1. The normalized spacial score (nSPS) is 11.3. The molecule has 0 radical (unpaired) electrons. The molecule has 4 heteroatoms. The monoisotopic (exact) mass is 261 g/mol. The summed E-state index contributed by atoms with van der Waals surface area (Å²) >= 11 is 0. The van der Waals surface area contributed by atoms with Crippen LogP contribution in [0.3, 0.4) is 0 Å². The van der Waals surface area contributed by atoms with E-state index in [1.165, 1.54) is 0 Å². The van der Waals surface area contributed by atoms with Crippen molar-refractivity contribution < 1.29 is 14.3 Å². The van der Waals surface area contributed by atoms with Crippen LogP contribution in [0, 0.1) is 0 Å². The van der Waals surface area contributed by atoms with Gasteiger partial charge in [-0.15, -0.1) is 0 Å². The maximum absolute atomic E-state index is 11.4. The minimum Gasteiger partial charge on any atom is -0.478 e. The quantitative estimate of drug-likeness (QED) is 0.866. The van der Waals surface area contributed by atoms with Crippen molar-refractivity contribution in [3.05, 3.63) is 35.6 Å². The Kier molecular flexibility index (Phi) is 4.22. The Balaban J connectivity index is 2.41. The highest BCUT2D eigenvalue weighted by Gasteiger charge is 2.21. The van der Waals surface area contributed by atoms with E-state index in [4.69, 9.17) is 4.42 Å². The highest BCUT2D eigenvalue weighted by molar-refractivity contribution is 6.03. The number of hydrogen-bond donors (Lipinski definition) is 1. The van der Waals surface area contributed by atoms with Gasteiger partial charge < -0.3 is 9.52 Å². The van der Waals surface area contributed by atoms with Crippen LogP contribution in [0.25, 0.3) is 11.0 Å². The molecule has 0 saturated carbocycles. The Bertz CT molecular complexity index is 574. The van der Waals surface area contributed by atoms with Crippen LogP contribution in [0.4, 0.5) is 0 Å². The van der Waals surface area contributed by atoms with Gasteiger partial charge in [-0.2, -0.15) is 0 Å². The van der Waals surface area contributed by atoms with Gasteiger partial charge in [0.2, 0.25) is 0 Å². The maximum Gasteiger partial charge on any atom is 0.339 e. The Labute approximate surface area is 112 Å². The number of rotatable bonds is 6. The number of fused-ring (bicyclic) bond motifs is 1. The third kappa shape index (κ3) is 2.79. The molecule has 1 aromatic carbocycles. The van der Waals surface area contributed by atoms with Gasteiger partial charge >= 0.3 is 5.97 Å². The molecule has 0 unspecified atom stereocenters. The zero-order chi connectivity index (χ0) is 13.8. The zero-order valence-electron chi connectivity index (χ0n) is 11.3. The summed E-state index contributed by atoms with van der Waals surface area (Å²) in [6.07, 6.45) is 1.04. The third-order valence-corrected chi connectivity index (χ3v) is 3.24. The van der Waals surface area contributed by atoms with Gasteiger partial charge in [0.1, 0.15) is 16.9 Å². The fraction of sp³-hybridized carbons (Fsp3) is 0.400. The van der Waals surface area contributed by atoms with Crippen molar-refractivity contribution in [3.63, 3.8) is 0 Å². The number of carbonyl (C=O) groups is 1. The summed E-state index contributed by atoms with van der Waals surface area (Å²) in [6.45, 7) is 6.54. The molecule has 0 aliphatic rings. The standard InChI is InChI=1S/C15H19NO3/c1-3-9-16(4-2)10-13-14(15(17)18)11-7-5-6-8-12(11)19-13/h5-8H,3-4,9-10H2,1-2H3,(H,17,18). The molecule has 1 aromatic heterocycles. The summed E-state index contributed by atoms with van der Waals surface area (Å²) in [6, 6.07) is 7.28. The van der Waals surface area contributed by atoms with Gasteiger partial charge in [0, 0.05) is 5.39 Å². The molecule has 0 aliphatic heterocycles. The minimum atomic E-state index is -0.924. The fourth-order valence-electron chi connectivity index (χ4n) is 2.31. The van der Waals surface area contributed by atoms with Gasteiger partial charge in [-0.05, 0) is 25.6 Å². The van der Waals surface area contributed by atoms with Gasteiger partial charge in [-0.1, -0.05) is 32.0 Å². The predicted molar refractivity (Wildman–Crippen MR) is 74.4 cm³/mol. The summed E-state index contributed by atoms with van der Waals surface area (Å²) in [5.74, 6) is -0.378. The number of carboxylic acids is 1. The molecule has 2 aromatic rings. The predicted octanol–water partition coefficient (Wildman–Crippen LogP) is 3.36. The molecule has 0 aliphatic carbocycles. The van der Waals surface area contributed by atoms with Crippen LogP contribution in [-0.2, 0) is 6.54 Å². The van der Waals surface area contributed by atoms with E-state index < -0.39 is 5.97 Å². The fourth-order valence-corrected chi connectivity index (χ4v) is 2.31. The van der Waals surface area contributed by atoms with E-state index in [2.05, 4.69) is 18.7 Å². The van der Waals surface area contributed by atoms with E-state index in [1.807, 2.05) is 12.1 Å². The van der Waals surface area contributed by atoms with Gasteiger partial charge in [0.05, 0.1) is 6.54 Å². The molecule has 102 valence electrons. The molecule has 0 atom stereocenters. The maximum atomic E-state index is 11.4. The molecular weight excluding hydrogens is 242 g/mol. The zero-order valence-corrected chi connectivity index (χ0v) is 11.3. The molecular formula is C15H19NO3. The van der Waals surface area contributed by atoms with Gasteiger partial charge in [0.25, 0.3) is 0 Å². The molecule has 4 nitrogen and oxygen atoms in total. The Morgan fingerprint density at radius 1 is 1.32 bits per heavy atom. The van der Waals surface area contributed by atoms with Crippen molar-refractivity contribution in [2.75, 3.05) is 13.1 Å². The number of hydrogen-bond acceptors (Lipinski definition) is 3. The van der Waals surface area contributed by atoms with Crippen molar-refractivity contribution in [1.82, 2.24) is 4.90 Å². The lowest BCUT2D eigenvalue weighted by atomic mass is 10.1. The average Bonchev–Trinajstić information content (AvgIpc) is 2.76. The second-order valence-corrected chi connectivity index (χ2v) is 4.57. The van der Waals surface area contributed by atoms with Crippen LogP contribution < -0.4 is 0 Å². The molecule has 0 saturated heterocycles. The Morgan fingerprint density at radius 2 is 2.05 bits per heavy atom. The molecule has 0 spiro atoms. The largest absolute Gasteiger partial charge is 0.478 e. The number of aromatic carboxylic acids is 1. The van der Waals surface area contributed by atoms with Crippen LogP contribution in [0.1, 0.15) is 36.4 Å². The highest BCUT2D eigenvalue weighted by atomic mass is 16.4. The molecule has 0 bridgehead atoms. The average molecular weight is 261 g/mol. The lowest BCUT2D eigenvalue weighted by Crippen LogP contribution is -2.24. The summed E-state index contributed by atoms with van der Waals surface area (Å²) in [5.41, 5.74) is 0.938. The van der Waals surface area contributed by atoms with Crippen molar-refractivity contribution >= 4 is 16.9 Å². The molecule has 2 rings (SSSR count). The second kappa shape index (κ2) is 5.89. The van der Waals surface area contributed by atoms with Crippen molar-refractivity contribution in [2.45, 2.75) is 26.8 Å². The number of nitrogens with zero attached hydrogens (tertiary/aromatic N) is 1. The first kappa shape index (κ1) is 13.6. The minimum absolute atomic E-state index is 0.296. The van der Waals surface area contributed by atoms with Crippen LogP contribution >= 0.6 is 0 Å². The highest BCUT2D eigenvalue weighted by Crippen LogP contribution is 2.26. The van der Waals surface area contributed by atoms with Crippen LogP contribution in [0.15, 0.2) is 28.7 Å². The van der Waals surface area contributed by atoms with E-state index in [9.17, 15) is 9.90 Å². The Morgan fingerprint density at radius 3 is 2.68 bits per heavy atom. The lowest BCUT2D eigenvalue weighted by molar-refractivity contribution is 0.0694. The first-order chi connectivity index (χ1) is 9.17. The second-order valence-electron chi connectivity index (χ2n) is 4.57. The van der Waals surface area contributed by atoms with Crippen LogP contribution in [0.5, 0.6) is 0 Å². The van der Waals surface area contributed by atoms with Crippen molar-refractivity contribution in [2.24, 2.45) is 0 Å². The molecule has 0 fully saturated rings. The van der Waals surface area contributed by atoms with Crippen LogP contribution in [0.2, 0.25) is 0 Å². The van der Waals surface area contributed by atoms with E-state index >= 15 is 0 Å². The van der Waals surface area contributed by atoms with Crippen molar-refractivity contribution in [3.8, 4) is 0 Å². The molecule has 1 N–H and O–H groups in total. The van der Waals surface area contributed by atoms with Crippen LogP contribution in [-0.4, -0.2) is 29.1 Å². The lowest BCUT2D eigenvalue weighted by Gasteiger charge is -2.18. The summed E-state index contributed by atoms with van der Waals surface area (Å²) in [5, 5.41) is 10.1. The van der Waals surface area contributed by atoms with E-state index in [1.54, 1.807) is 12.1 Å². The molecule has 1 heterocycles. The van der Waals surface area contributed by atoms with E-state index in [0.29, 0.717) is 28.8 Å². The summed E-state index contributed by atoms with van der Waals surface area (Å²) in [7, 11) is 0. The smallest absolute Gasteiger partial charge is 0.339 e.